The summed E-state index contributed by atoms with van der Waals surface area (Å²) in [5.74, 6) is 0.708. The second kappa shape index (κ2) is 6.36. The minimum atomic E-state index is -0.359. The van der Waals surface area contributed by atoms with Gasteiger partial charge in [0.2, 0.25) is 0 Å². The van der Waals surface area contributed by atoms with Crippen LogP contribution in [0.15, 0.2) is 0 Å². The van der Waals surface area contributed by atoms with Crippen LogP contribution in [0.3, 0.4) is 0 Å². The third-order valence-corrected chi connectivity index (χ3v) is 4.63. The lowest BCUT2D eigenvalue weighted by molar-refractivity contribution is -0.0504. The Morgan fingerprint density at radius 1 is 1.33 bits per heavy atom. The Kier molecular flexibility index (Phi) is 5.05. The van der Waals surface area contributed by atoms with Gasteiger partial charge in [0, 0.05) is 12.1 Å². The molecule has 2 rings (SSSR count). The van der Waals surface area contributed by atoms with E-state index in [1.54, 1.807) is 0 Å². The zero-order chi connectivity index (χ0) is 13.0. The molecule has 2 N–H and O–H groups in total. The van der Waals surface area contributed by atoms with Gasteiger partial charge in [-0.15, -0.1) is 0 Å². The summed E-state index contributed by atoms with van der Waals surface area (Å²) in [5, 5.41) is 13.4. The van der Waals surface area contributed by atoms with Crippen molar-refractivity contribution in [2.75, 3.05) is 13.2 Å². The lowest BCUT2D eigenvalue weighted by Crippen LogP contribution is -2.39. The van der Waals surface area contributed by atoms with Crippen molar-refractivity contribution in [2.45, 2.75) is 76.5 Å². The average molecular weight is 255 g/mol. The van der Waals surface area contributed by atoms with Crippen LogP contribution in [-0.2, 0) is 4.74 Å². The van der Waals surface area contributed by atoms with Crippen molar-refractivity contribution in [3.63, 3.8) is 0 Å². The van der Waals surface area contributed by atoms with Gasteiger partial charge in [-0.3, -0.25) is 0 Å². The molecule has 3 heteroatoms. The van der Waals surface area contributed by atoms with E-state index in [2.05, 4.69) is 19.2 Å². The Labute approximate surface area is 111 Å². The van der Waals surface area contributed by atoms with E-state index in [1.165, 1.54) is 44.9 Å². The molecule has 0 radical (unpaired) electrons. The summed E-state index contributed by atoms with van der Waals surface area (Å²) in [4.78, 5) is 0. The molecule has 106 valence electrons. The summed E-state index contributed by atoms with van der Waals surface area (Å²) in [7, 11) is 0. The molecule has 3 atom stereocenters. The Bertz CT molecular complexity index is 253. The number of nitrogens with one attached hydrogen (secondary N) is 1. The van der Waals surface area contributed by atoms with Crippen LogP contribution >= 0.6 is 0 Å². The molecular formula is C15H29NO2. The highest BCUT2D eigenvalue weighted by Gasteiger charge is 2.36. The second-order valence-electron chi connectivity index (χ2n) is 6.42. The summed E-state index contributed by atoms with van der Waals surface area (Å²) >= 11 is 0. The SMILES string of the molecule is CCC1CCCCC1OCC(O)CNC1(C)CC1. The molecule has 2 aliphatic carbocycles. The second-order valence-corrected chi connectivity index (χ2v) is 6.42. The summed E-state index contributed by atoms with van der Waals surface area (Å²) in [6.07, 6.45) is 8.81. The first-order valence-electron chi connectivity index (χ1n) is 7.67. The molecule has 18 heavy (non-hydrogen) atoms. The molecule has 2 fully saturated rings. The summed E-state index contributed by atoms with van der Waals surface area (Å²) in [6, 6.07) is 0. The van der Waals surface area contributed by atoms with Gasteiger partial charge in [0.05, 0.1) is 18.8 Å². The maximum absolute atomic E-state index is 9.94. The molecule has 0 aromatic rings. The minimum Gasteiger partial charge on any atom is -0.389 e. The molecule has 3 nitrogen and oxygen atoms in total. The van der Waals surface area contributed by atoms with Crippen molar-refractivity contribution in [1.29, 1.82) is 0 Å². The highest BCUT2D eigenvalue weighted by Crippen LogP contribution is 2.34. The van der Waals surface area contributed by atoms with Crippen LogP contribution in [0.1, 0.15) is 58.8 Å². The molecule has 2 saturated carbocycles. The number of aliphatic hydroxyl groups excluding tert-OH is 1. The van der Waals surface area contributed by atoms with Crippen LogP contribution in [0.4, 0.5) is 0 Å². The first kappa shape index (κ1) is 14.3. The van der Waals surface area contributed by atoms with E-state index < -0.39 is 0 Å². The van der Waals surface area contributed by atoms with E-state index in [4.69, 9.17) is 4.74 Å². The van der Waals surface area contributed by atoms with Crippen molar-refractivity contribution < 1.29 is 9.84 Å². The smallest absolute Gasteiger partial charge is 0.0898 e. The highest BCUT2D eigenvalue weighted by molar-refractivity contribution is 4.97. The van der Waals surface area contributed by atoms with Gasteiger partial charge in [0.15, 0.2) is 0 Å². The normalized spacial score (nSPS) is 32.2. The lowest BCUT2D eigenvalue weighted by Gasteiger charge is -2.31. The number of β-amino-alcohol motifs (C(OH)–C–C–N with tert-alkyl or cyclic N) is 1. The van der Waals surface area contributed by atoms with Crippen LogP contribution in [0.2, 0.25) is 0 Å². The first-order valence-corrected chi connectivity index (χ1v) is 7.67. The van der Waals surface area contributed by atoms with E-state index in [9.17, 15) is 5.11 Å². The van der Waals surface area contributed by atoms with Crippen molar-refractivity contribution in [3.05, 3.63) is 0 Å². The zero-order valence-corrected chi connectivity index (χ0v) is 12.0. The molecule has 0 saturated heterocycles. The monoisotopic (exact) mass is 255 g/mol. The number of aliphatic hydroxyl groups is 1. The summed E-state index contributed by atoms with van der Waals surface area (Å²) in [5.41, 5.74) is 0.303. The molecule has 0 heterocycles. The van der Waals surface area contributed by atoms with Gasteiger partial charge >= 0.3 is 0 Å². The Morgan fingerprint density at radius 2 is 2.06 bits per heavy atom. The van der Waals surface area contributed by atoms with Crippen LogP contribution in [0.5, 0.6) is 0 Å². The van der Waals surface area contributed by atoms with E-state index in [0.29, 0.717) is 30.7 Å². The van der Waals surface area contributed by atoms with Crippen molar-refractivity contribution in [1.82, 2.24) is 5.32 Å². The fourth-order valence-corrected chi connectivity index (χ4v) is 2.88. The third kappa shape index (κ3) is 4.22. The third-order valence-electron chi connectivity index (χ3n) is 4.63. The van der Waals surface area contributed by atoms with Crippen LogP contribution in [0.25, 0.3) is 0 Å². The Balaban J connectivity index is 1.63. The number of ether oxygens (including phenoxy) is 1. The Morgan fingerprint density at radius 3 is 2.72 bits per heavy atom. The fraction of sp³-hybridized carbons (Fsp3) is 1.00. The molecule has 0 amide bonds. The molecule has 0 spiro atoms. The Hall–Kier alpha value is -0.120. The first-order chi connectivity index (χ1) is 8.63. The molecule has 0 aliphatic heterocycles. The van der Waals surface area contributed by atoms with Crippen LogP contribution in [-0.4, -0.2) is 36.0 Å². The predicted octanol–water partition coefficient (Wildman–Crippen LogP) is 2.47. The summed E-state index contributed by atoms with van der Waals surface area (Å²) in [6.45, 7) is 5.62. The van der Waals surface area contributed by atoms with Gasteiger partial charge in [0.25, 0.3) is 0 Å². The van der Waals surface area contributed by atoms with Gasteiger partial charge in [-0.05, 0) is 38.5 Å². The number of rotatable bonds is 7. The van der Waals surface area contributed by atoms with E-state index in [-0.39, 0.29) is 6.10 Å². The molecule has 0 aromatic heterocycles. The molecule has 0 bridgehead atoms. The van der Waals surface area contributed by atoms with Gasteiger partial charge < -0.3 is 15.2 Å². The number of hydrogen-bond donors (Lipinski definition) is 2. The molecule has 0 aromatic carbocycles. The van der Waals surface area contributed by atoms with E-state index in [1.807, 2.05) is 0 Å². The average Bonchev–Trinajstić information content (AvgIpc) is 3.13. The maximum atomic E-state index is 9.94. The standard InChI is InChI=1S/C15H29NO2/c1-3-12-6-4-5-7-14(12)18-11-13(17)10-16-15(2)8-9-15/h12-14,16-17H,3-11H2,1-2H3. The van der Waals surface area contributed by atoms with Crippen molar-refractivity contribution >= 4 is 0 Å². The van der Waals surface area contributed by atoms with Crippen molar-refractivity contribution in [2.24, 2.45) is 5.92 Å². The molecule has 2 aliphatic rings. The van der Waals surface area contributed by atoms with E-state index in [0.717, 1.165) is 0 Å². The van der Waals surface area contributed by atoms with Gasteiger partial charge in [-0.1, -0.05) is 26.2 Å². The quantitative estimate of drug-likeness (QED) is 0.734. The molecule has 3 unspecified atom stereocenters. The maximum Gasteiger partial charge on any atom is 0.0898 e. The van der Waals surface area contributed by atoms with Gasteiger partial charge in [0.1, 0.15) is 0 Å². The summed E-state index contributed by atoms with van der Waals surface area (Å²) < 4.78 is 5.94. The fourth-order valence-electron chi connectivity index (χ4n) is 2.88. The topological polar surface area (TPSA) is 41.5 Å². The highest BCUT2D eigenvalue weighted by atomic mass is 16.5. The number of hydrogen-bond acceptors (Lipinski definition) is 3. The van der Waals surface area contributed by atoms with Crippen molar-refractivity contribution in [3.8, 4) is 0 Å². The largest absolute Gasteiger partial charge is 0.389 e. The minimum absolute atomic E-state index is 0.303. The van der Waals surface area contributed by atoms with Crippen LogP contribution < -0.4 is 5.32 Å². The predicted molar refractivity (Wildman–Crippen MR) is 73.6 cm³/mol. The van der Waals surface area contributed by atoms with Gasteiger partial charge in [-0.2, -0.15) is 0 Å². The lowest BCUT2D eigenvalue weighted by atomic mass is 9.85. The van der Waals surface area contributed by atoms with Gasteiger partial charge in [-0.25, -0.2) is 0 Å². The van der Waals surface area contributed by atoms with E-state index >= 15 is 0 Å². The zero-order valence-electron chi connectivity index (χ0n) is 12.0. The van der Waals surface area contributed by atoms with Crippen LogP contribution in [0, 0.1) is 5.92 Å². The molecular weight excluding hydrogens is 226 g/mol.